The highest BCUT2D eigenvalue weighted by Crippen LogP contribution is 2.24. The van der Waals surface area contributed by atoms with Gasteiger partial charge in [-0.15, -0.1) is 0 Å². The highest BCUT2D eigenvalue weighted by atomic mass is 16.6. The molecule has 0 spiro atoms. The molecular formula is C12H18N2O. The number of aromatic nitrogens is 2. The summed E-state index contributed by atoms with van der Waals surface area (Å²) in [4.78, 5) is 0. The van der Waals surface area contributed by atoms with E-state index < -0.39 is 0 Å². The molecule has 0 N–H and O–H groups in total. The third kappa shape index (κ3) is 2.17. The predicted molar refractivity (Wildman–Crippen MR) is 62.0 cm³/mol. The van der Waals surface area contributed by atoms with Gasteiger partial charge in [0.25, 0.3) is 0 Å². The van der Waals surface area contributed by atoms with E-state index in [4.69, 9.17) is 4.63 Å². The van der Waals surface area contributed by atoms with Crippen molar-refractivity contribution in [3.8, 4) is 0 Å². The Labute approximate surface area is 90.4 Å². The van der Waals surface area contributed by atoms with Crippen LogP contribution in [0.3, 0.4) is 0 Å². The van der Waals surface area contributed by atoms with E-state index in [1.54, 1.807) is 0 Å². The smallest absolute Gasteiger partial charge is 0.138 e. The van der Waals surface area contributed by atoms with E-state index in [0.29, 0.717) is 5.92 Å². The summed E-state index contributed by atoms with van der Waals surface area (Å²) in [5.41, 5.74) is 4.09. The molecular weight excluding hydrogens is 188 g/mol. The van der Waals surface area contributed by atoms with E-state index in [2.05, 4.69) is 36.3 Å². The monoisotopic (exact) mass is 206 g/mol. The van der Waals surface area contributed by atoms with E-state index >= 15 is 0 Å². The van der Waals surface area contributed by atoms with Crippen molar-refractivity contribution in [3.63, 3.8) is 0 Å². The van der Waals surface area contributed by atoms with Crippen LogP contribution in [-0.2, 0) is 0 Å². The fourth-order valence-electron chi connectivity index (χ4n) is 1.48. The molecule has 15 heavy (non-hydrogen) atoms. The molecule has 82 valence electrons. The van der Waals surface area contributed by atoms with Gasteiger partial charge in [-0.2, -0.15) is 0 Å². The maximum absolute atomic E-state index is 4.74. The van der Waals surface area contributed by atoms with Gasteiger partial charge in [-0.25, -0.2) is 4.63 Å². The summed E-state index contributed by atoms with van der Waals surface area (Å²) in [7, 11) is 0. The van der Waals surface area contributed by atoms with E-state index in [-0.39, 0.29) is 0 Å². The van der Waals surface area contributed by atoms with Gasteiger partial charge >= 0.3 is 0 Å². The molecule has 2 rings (SSSR count). The number of rotatable bonds is 1. The SMILES string of the molecule is CC.Cc1ccc(C(C)C)c2nonc12. The largest absolute Gasteiger partial charge is 0.243 e. The summed E-state index contributed by atoms with van der Waals surface area (Å²) >= 11 is 0. The Morgan fingerprint density at radius 2 is 1.67 bits per heavy atom. The van der Waals surface area contributed by atoms with Crippen molar-refractivity contribution in [1.82, 2.24) is 10.3 Å². The molecule has 1 heterocycles. The van der Waals surface area contributed by atoms with E-state index in [9.17, 15) is 0 Å². The Hall–Kier alpha value is -1.38. The standard InChI is InChI=1S/C10H12N2O.C2H6/c1-6(2)8-5-4-7(3)9-10(8)12-13-11-9;1-2/h4-6H,1-3H3;1-2H3. The minimum atomic E-state index is 0.454. The predicted octanol–water partition coefficient (Wildman–Crippen LogP) is 3.68. The van der Waals surface area contributed by atoms with Crippen molar-refractivity contribution in [2.45, 2.75) is 40.5 Å². The molecule has 1 aromatic heterocycles. The zero-order chi connectivity index (χ0) is 11.4. The number of fused-ring (bicyclic) bond motifs is 1. The lowest BCUT2D eigenvalue weighted by molar-refractivity contribution is 0.315. The molecule has 3 nitrogen and oxygen atoms in total. The number of hydrogen-bond donors (Lipinski definition) is 0. The first-order chi connectivity index (χ1) is 7.20. The summed E-state index contributed by atoms with van der Waals surface area (Å²) in [6, 6.07) is 4.15. The molecule has 0 aliphatic carbocycles. The molecule has 0 saturated carbocycles. The van der Waals surface area contributed by atoms with Gasteiger partial charge in [0, 0.05) is 0 Å². The zero-order valence-electron chi connectivity index (χ0n) is 10.0. The highest BCUT2D eigenvalue weighted by molar-refractivity contribution is 5.80. The van der Waals surface area contributed by atoms with Crippen LogP contribution in [-0.4, -0.2) is 10.3 Å². The second-order valence-electron chi connectivity index (χ2n) is 3.59. The fourth-order valence-corrected chi connectivity index (χ4v) is 1.48. The molecule has 0 unspecified atom stereocenters. The van der Waals surface area contributed by atoms with Crippen LogP contribution in [0.15, 0.2) is 16.8 Å². The Bertz CT molecular complexity index is 432. The molecule has 0 atom stereocenters. The van der Waals surface area contributed by atoms with Crippen LogP contribution >= 0.6 is 0 Å². The summed E-state index contributed by atoms with van der Waals surface area (Å²) in [5.74, 6) is 0.454. The minimum absolute atomic E-state index is 0.454. The number of benzene rings is 1. The number of aryl methyl sites for hydroxylation is 1. The van der Waals surface area contributed by atoms with Crippen LogP contribution in [0.2, 0.25) is 0 Å². The third-order valence-electron chi connectivity index (χ3n) is 2.27. The van der Waals surface area contributed by atoms with Gasteiger partial charge in [0.15, 0.2) is 0 Å². The molecule has 1 aromatic carbocycles. The highest BCUT2D eigenvalue weighted by Gasteiger charge is 2.11. The second kappa shape index (κ2) is 4.91. The lowest BCUT2D eigenvalue weighted by Gasteiger charge is -2.04. The van der Waals surface area contributed by atoms with Crippen molar-refractivity contribution in [2.75, 3.05) is 0 Å². The van der Waals surface area contributed by atoms with Gasteiger partial charge in [-0.1, -0.05) is 39.8 Å². The average Bonchev–Trinajstić information content (AvgIpc) is 2.70. The second-order valence-corrected chi connectivity index (χ2v) is 3.59. The molecule has 0 fully saturated rings. The number of nitrogens with zero attached hydrogens (tertiary/aromatic N) is 2. The van der Waals surface area contributed by atoms with E-state index in [1.165, 1.54) is 5.56 Å². The molecule has 3 heteroatoms. The van der Waals surface area contributed by atoms with Crippen LogP contribution in [0.25, 0.3) is 11.0 Å². The van der Waals surface area contributed by atoms with Gasteiger partial charge in [0.2, 0.25) is 0 Å². The molecule has 2 aromatic rings. The third-order valence-corrected chi connectivity index (χ3v) is 2.27. The van der Waals surface area contributed by atoms with Crippen LogP contribution in [0.1, 0.15) is 44.7 Å². The van der Waals surface area contributed by atoms with Gasteiger partial charge < -0.3 is 0 Å². The Kier molecular flexibility index (Phi) is 3.83. The molecule has 0 aliphatic rings. The maximum Gasteiger partial charge on any atom is 0.138 e. The Morgan fingerprint density at radius 3 is 2.27 bits per heavy atom. The fraction of sp³-hybridized carbons (Fsp3) is 0.500. The van der Waals surface area contributed by atoms with E-state index in [1.807, 2.05) is 20.8 Å². The van der Waals surface area contributed by atoms with Crippen LogP contribution in [0.4, 0.5) is 0 Å². The van der Waals surface area contributed by atoms with Crippen molar-refractivity contribution < 1.29 is 4.63 Å². The minimum Gasteiger partial charge on any atom is -0.243 e. The summed E-state index contributed by atoms with van der Waals surface area (Å²) in [6.07, 6.45) is 0. The quantitative estimate of drug-likeness (QED) is 0.714. The van der Waals surface area contributed by atoms with Crippen molar-refractivity contribution in [1.29, 1.82) is 0 Å². The normalized spacial score (nSPS) is 10.3. The van der Waals surface area contributed by atoms with Gasteiger partial charge in [0.05, 0.1) is 0 Å². The van der Waals surface area contributed by atoms with Crippen molar-refractivity contribution in [3.05, 3.63) is 23.3 Å². The molecule has 0 aliphatic heterocycles. The summed E-state index contributed by atoms with van der Waals surface area (Å²) in [5, 5.41) is 7.79. The summed E-state index contributed by atoms with van der Waals surface area (Å²) in [6.45, 7) is 10.3. The topological polar surface area (TPSA) is 38.9 Å². The van der Waals surface area contributed by atoms with Crippen molar-refractivity contribution >= 4 is 11.0 Å². The van der Waals surface area contributed by atoms with Crippen molar-refractivity contribution in [2.24, 2.45) is 0 Å². The first kappa shape index (κ1) is 11.7. The lowest BCUT2D eigenvalue weighted by atomic mass is 10.00. The molecule has 0 saturated heterocycles. The maximum atomic E-state index is 4.74. The summed E-state index contributed by atoms with van der Waals surface area (Å²) < 4.78 is 4.74. The first-order valence-electron chi connectivity index (χ1n) is 5.42. The van der Waals surface area contributed by atoms with Crippen LogP contribution in [0, 0.1) is 6.92 Å². The van der Waals surface area contributed by atoms with Gasteiger partial charge in [-0.3, -0.25) is 0 Å². The van der Waals surface area contributed by atoms with E-state index in [0.717, 1.165) is 16.6 Å². The van der Waals surface area contributed by atoms with Crippen LogP contribution in [0.5, 0.6) is 0 Å². The molecule has 0 bridgehead atoms. The van der Waals surface area contributed by atoms with Gasteiger partial charge in [0.1, 0.15) is 11.0 Å². The molecule has 0 radical (unpaired) electrons. The van der Waals surface area contributed by atoms with Gasteiger partial charge in [-0.05, 0) is 34.3 Å². The Morgan fingerprint density at radius 1 is 1.07 bits per heavy atom. The van der Waals surface area contributed by atoms with Crippen LogP contribution < -0.4 is 0 Å². The first-order valence-corrected chi connectivity index (χ1v) is 5.42. The molecule has 0 amide bonds. The Balaban J connectivity index is 0.000000531. The lowest BCUT2D eigenvalue weighted by Crippen LogP contribution is -1.90. The average molecular weight is 206 g/mol. The zero-order valence-corrected chi connectivity index (χ0v) is 10.0. The number of hydrogen-bond acceptors (Lipinski definition) is 3.